The Morgan fingerprint density at radius 1 is 1.06 bits per heavy atom. The number of rotatable bonds is 8. The van der Waals surface area contributed by atoms with E-state index in [-0.39, 0.29) is 11.7 Å². The second kappa shape index (κ2) is 7.55. The Morgan fingerprint density at radius 2 is 1.72 bits per heavy atom. The molecule has 0 aromatic heterocycles. The van der Waals surface area contributed by atoms with Crippen LogP contribution in [0.5, 0.6) is 0 Å². The molecule has 2 atom stereocenters. The highest BCUT2D eigenvalue weighted by atomic mass is 16.5. The predicted molar refractivity (Wildman–Crippen MR) is 75.9 cm³/mol. The molecule has 0 radical (unpaired) electrons. The summed E-state index contributed by atoms with van der Waals surface area (Å²) < 4.78 is 11.9. The summed E-state index contributed by atoms with van der Waals surface area (Å²) >= 11 is 0. The minimum atomic E-state index is -0.208. The molecule has 0 amide bonds. The van der Waals surface area contributed by atoms with E-state index in [0.717, 1.165) is 26.1 Å². The third kappa shape index (κ3) is 4.11. The molecule has 0 bridgehead atoms. The fourth-order valence-electron chi connectivity index (χ4n) is 2.23. The van der Waals surface area contributed by atoms with Crippen molar-refractivity contribution in [1.29, 1.82) is 0 Å². The summed E-state index contributed by atoms with van der Waals surface area (Å²) in [7, 11) is 0. The van der Waals surface area contributed by atoms with Crippen LogP contribution in [0.4, 0.5) is 0 Å². The van der Waals surface area contributed by atoms with Crippen molar-refractivity contribution >= 4 is 0 Å². The summed E-state index contributed by atoms with van der Waals surface area (Å²) in [6.45, 7) is 9.84. The zero-order valence-electron chi connectivity index (χ0n) is 12.1. The van der Waals surface area contributed by atoms with Crippen molar-refractivity contribution in [2.75, 3.05) is 13.2 Å². The molecule has 1 aromatic rings. The van der Waals surface area contributed by atoms with Crippen molar-refractivity contribution in [3.8, 4) is 0 Å². The summed E-state index contributed by atoms with van der Waals surface area (Å²) in [5.74, 6) is 0. The minimum absolute atomic E-state index is 0.106. The minimum Gasteiger partial charge on any atom is -0.375 e. The van der Waals surface area contributed by atoms with Crippen LogP contribution >= 0.6 is 0 Å². The molecule has 0 aliphatic heterocycles. The molecule has 2 unspecified atom stereocenters. The maximum Gasteiger partial charge on any atom is 0.0915 e. The van der Waals surface area contributed by atoms with Gasteiger partial charge in [-0.2, -0.15) is 0 Å². The smallest absolute Gasteiger partial charge is 0.0915 e. The highest BCUT2D eigenvalue weighted by Crippen LogP contribution is 2.25. The Balaban J connectivity index is 2.80. The van der Waals surface area contributed by atoms with Gasteiger partial charge in [0.25, 0.3) is 0 Å². The summed E-state index contributed by atoms with van der Waals surface area (Å²) in [5.41, 5.74) is 1.09. The van der Waals surface area contributed by atoms with Crippen molar-refractivity contribution in [1.82, 2.24) is 0 Å². The van der Waals surface area contributed by atoms with Gasteiger partial charge in [-0.05, 0) is 32.8 Å². The molecule has 0 spiro atoms. The number of hydrogen-bond acceptors (Lipinski definition) is 2. The Labute approximate surface area is 111 Å². The van der Waals surface area contributed by atoms with E-state index in [4.69, 9.17) is 9.47 Å². The van der Waals surface area contributed by atoms with Gasteiger partial charge in [-0.3, -0.25) is 0 Å². The lowest BCUT2D eigenvalue weighted by Crippen LogP contribution is -2.44. The maximum absolute atomic E-state index is 5.94. The molecule has 0 N–H and O–H groups in total. The van der Waals surface area contributed by atoms with E-state index in [0.29, 0.717) is 0 Å². The average molecular weight is 250 g/mol. The Hall–Kier alpha value is -0.860. The van der Waals surface area contributed by atoms with E-state index >= 15 is 0 Å². The molecule has 0 fully saturated rings. The van der Waals surface area contributed by atoms with Gasteiger partial charge in [0.15, 0.2) is 0 Å². The number of benzene rings is 1. The van der Waals surface area contributed by atoms with Crippen molar-refractivity contribution in [3.05, 3.63) is 35.9 Å². The van der Waals surface area contributed by atoms with Gasteiger partial charge in [0, 0.05) is 19.6 Å². The zero-order valence-corrected chi connectivity index (χ0v) is 12.1. The molecule has 1 aromatic carbocycles. The van der Waals surface area contributed by atoms with Crippen LogP contribution < -0.4 is 0 Å². The van der Waals surface area contributed by atoms with E-state index in [1.165, 1.54) is 5.56 Å². The van der Waals surface area contributed by atoms with Crippen LogP contribution in [0.3, 0.4) is 0 Å². The van der Waals surface area contributed by atoms with Crippen molar-refractivity contribution in [2.24, 2.45) is 0 Å². The second-order valence-corrected chi connectivity index (χ2v) is 4.73. The molecule has 2 nitrogen and oxygen atoms in total. The molecule has 0 aliphatic carbocycles. The van der Waals surface area contributed by atoms with Gasteiger partial charge in [-0.15, -0.1) is 0 Å². The van der Waals surface area contributed by atoms with Gasteiger partial charge >= 0.3 is 0 Å². The number of hydrogen-bond donors (Lipinski definition) is 0. The maximum atomic E-state index is 5.94. The number of ether oxygens (including phenoxy) is 2. The highest BCUT2D eigenvalue weighted by molar-refractivity contribution is 5.16. The lowest BCUT2D eigenvalue weighted by Gasteiger charge is -2.36. The molecule has 0 heterocycles. The summed E-state index contributed by atoms with van der Waals surface area (Å²) in [6.07, 6.45) is 1.96. The SMILES string of the molecule is CCOC(Cc1ccccc1)C(C)(CC)OCC. The van der Waals surface area contributed by atoms with Crippen molar-refractivity contribution in [2.45, 2.75) is 52.2 Å². The molecule has 0 aliphatic rings. The molecule has 102 valence electrons. The standard InChI is InChI=1S/C16H26O2/c1-5-16(4,18-7-3)15(17-6-2)13-14-11-9-8-10-12-14/h8-12,15H,5-7,13H2,1-4H3. The Morgan fingerprint density at radius 3 is 2.22 bits per heavy atom. The molecule has 18 heavy (non-hydrogen) atoms. The van der Waals surface area contributed by atoms with E-state index in [1.54, 1.807) is 0 Å². The molecule has 1 rings (SSSR count). The van der Waals surface area contributed by atoms with Crippen LogP contribution in [-0.2, 0) is 15.9 Å². The van der Waals surface area contributed by atoms with E-state index < -0.39 is 0 Å². The van der Waals surface area contributed by atoms with Crippen LogP contribution in [0.25, 0.3) is 0 Å². The average Bonchev–Trinajstić information content (AvgIpc) is 2.39. The Bertz CT molecular complexity index is 323. The fourth-order valence-corrected chi connectivity index (χ4v) is 2.23. The molecular weight excluding hydrogens is 224 g/mol. The van der Waals surface area contributed by atoms with Gasteiger partial charge in [-0.1, -0.05) is 37.3 Å². The van der Waals surface area contributed by atoms with Gasteiger partial charge < -0.3 is 9.47 Å². The lowest BCUT2D eigenvalue weighted by atomic mass is 9.90. The highest BCUT2D eigenvalue weighted by Gasteiger charge is 2.33. The van der Waals surface area contributed by atoms with Gasteiger partial charge in [0.1, 0.15) is 0 Å². The monoisotopic (exact) mass is 250 g/mol. The first-order chi connectivity index (χ1) is 8.66. The molecule has 2 heteroatoms. The van der Waals surface area contributed by atoms with Crippen LogP contribution in [0.1, 0.15) is 39.7 Å². The summed E-state index contributed by atoms with van der Waals surface area (Å²) in [6, 6.07) is 10.5. The molecular formula is C16H26O2. The summed E-state index contributed by atoms with van der Waals surface area (Å²) in [4.78, 5) is 0. The Kier molecular flexibility index (Phi) is 6.37. The first-order valence-corrected chi connectivity index (χ1v) is 6.95. The van der Waals surface area contributed by atoms with Gasteiger partial charge in [0.05, 0.1) is 11.7 Å². The predicted octanol–water partition coefficient (Wildman–Crippen LogP) is 3.84. The van der Waals surface area contributed by atoms with Crippen LogP contribution in [0, 0.1) is 0 Å². The van der Waals surface area contributed by atoms with Crippen molar-refractivity contribution in [3.63, 3.8) is 0 Å². The van der Waals surface area contributed by atoms with Crippen LogP contribution in [0.2, 0.25) is 0 Å². The third-order valence-corrected chi connectivity index (χ3v) is 3.49. The first-order valence-electron chi connectivity index (χ1n) is 6.95. The van der Waals surface area contributed by atoms with E-state index in [9.17, 15) is 0 Å². The van der Waals surface area contributed by atoms with Crippen LogP contribution in [0.15, 0.2) is 30.3 Å². The normalized spacial score (nSPS) is 16.2. The largest absolute Gasteiger partial charge is 0.375 e. The van der Waals surface area contributed by atoms with E-state index in [1.807, 2.05) is 19.9 Å². The molecule has 0 saturated heterocycles. The fraction of sp³-hybridized carbons (Fsp3) is 0.625. The van der Waals surface area contributed by atoms with Crippen molar-refractivity contribution < 1.29 is 9.47 Å². The third-order valence-electron chi connectivity index (χ3n) is 3.49. The topological polar surface area (TPSA) is 18.5 Å². The second-order valence-electron chi connectivity index (χ2n) is 4.73. The lowest BCUT2D eigenvalue weighted by molar-refractivity contribution is -0.133. The zero-order chi connectivity index (χ0) is 13.4. The van der Waals surface area contributed by atoms with E-state index in [2.05, 4.69) is 38.1 Å². The quantitative estimate of drug-likeness (QED) is 0.698. The molecule has 0 saturated carbocycles. The van der Waals surface area contributed by atoms with Crippen LogP contribution in [-0.4, -0.2) is 24.9 Å². The summed E-state index contributed by atoms with van der Waals surface area (Å²) in [5, 5.41) is 0. The first kappa shape index (κ1) is 15.2. The van der Waals surface area contributed by atoms with Gasteiger partial charge in [-0.25, -0.2) is 0 Å². The van der Waals surface area contributed by atoms with Gasteiger partial charge in [0.2, 0.25) is 0 Å².